The summed E-state index contributed by atoms with van der Waals surface area (Å²) in [5.74, 6) is -0.248. The van der Waals surface area contributed by atoms with Crippen LogP contribution in [0.2, 0.25) is 0 Å². The molecule has 0 bridgehead atoms. The van der Waals surface area contributed by atoms with E-state index in [4.69, 9.17) is 0 Å². The van der Waals surface area contributed by atoms with E-state index in [1.54, 1.807) is 12.1 Å². The van der Waals surface area contributed by atoms with E-state index in [9.17, 15) is 4.39 Å². The van der Waals surface area contributed by atoms with Gasteiger partial charge in [0.2, 0.25) is 0 Å². The summed E-state index contributed by atoms with van der Waals surface area (Å²) in [4.78, 5) is 0. The second-order valence-corrected chi connectivity index (χ2v) is 2.60. The number of rotatable bonds is 0. The first kappa shape index (κ1) is 11.6. The first-order chi connectivity index (χ1) is 5.20. The summed E-state index contributed by atoms with van der Waals surface area (Å²) in [7, 11) is 0. The molecule has 0 fully saturated rings. The Bertz CT molecular complexity index is 228. The van der Waals surface area contributed by atoms with Gasteiger partial charge in [0.1, 0.15) is 5.82 Å². The Kier molecular flexibility index (Phi) is 6.49. The van der Waals surface area contributed by atoms with Gasteiger partial charge in [0.05, 0.1) is 0 Å². The van der Waals surface area contributed by atoms with Crippen molar-refractivity contribution in [1.29, 1.82) is 0 Å². The van der Waals surface area contributed by atoms with Crippen LogP contribution in [0.5, 0.6) is 0 Å². The summed E-state index contributed by atoms with van der Waals surface area (Å²) in [5, 5.41) is 0. The maximum absolute atomic E-state index is 12.4. The molecule has 0 aromatic heterocycles. The molecule has 4 heteroatoms. The fourth-order valence-corrected chi connectivity index (χ4v) is 0.966. The van der Waals surface area contributed by atoms with Gasteiger partial charge in [-0.05, 0) is 4.47 Å². The molecule has 0 heterocycles. The Morgan fingerprint density at radius 1 is 1.36 bits per heavy atom. The minimum absolute atomic E-state index is 0.248. The molecule has 0 radical (unpaired) electrons. The van der Waals surface area contributed by atoms with Gasteiger partial charge >= 0.3 is 30.0 Å². The van der Waals surface area contributed by atoms with Crippen LogP contribution in [-0.2, 0) is 16.3 Å². The van der Waals surface area contributed by atoms with Crippen LogP contribution >= 0.6 is 29.6 Å². The van der Waals surface area contributed by atoms with Gasteiger partial charge < -0.3 is 0 Å². The van der Waals surface area contributed by atoms with Crippen molar-refractivity contribution in [2.75, 3.05) is 0 Å². The van der Waals surface area contributed by atoms with Crippen LogP contribution in [-0.4, -0.2) is 0 Å². The molecule has 11 heavy (non-hydrogen) atoms. The van der Waals surface area contributed by atoms with Crippen LogP contribution in [0.3, 0.4) is 0 Å². The topological polar surface area (TPSA) is 0 Å². The van der Waals surface area contributed by atoms with E-state index in [2.05, 4.69) is 36.5 Å². The molecule has 0 aliphatic rings. The van der Waals surface area contributed by atoms with Crippen molar-refractivity contribution in [3.63, 3.8) is 0 Å². The molecular weight excluding hydrogens is 328 g/mol. The van der Waals surface area contributed by atoms with E-state index < -0.39 is 0 Å². The van der Waals surface area contributed by atoms with Gasteiger partial charge in [0.15, 0.2) is 0 Å². The first-order valence-corrected chi connectivity index (χ1v) is 10.5. The summed E-state index contributed by atoms with van der Waals surface area (Å²) in [5.41, 5.74) is 0.809. The molecule has 0 aliphatic carbocycles. The maximum atomic E-state index is 12.4. The molecule has 0 saturated carbocycles. The summed E-state index contributed by atoms with van der Waals surface area (Å²) >= 11 is 7.28. The fraction of sp³-hybridized carbons (Fsp3) is 0. The van der Waals surface area contributed by atoms with E-state index in [1.165, 1.54) is 22.4 Å². The van der Waals surface area contributed by atoms with Gasteiger partial charge in [-0.2, -0.15) is 18.6 Å². The molecule has 0 atom stereocenters. The van der Waals surface area contributed by atoms with Crippen molar-refractivity contribution in [3.05, 3.63) is 41.0 Å². The second kappa shape index (κ2) is 6.16. The van der Waals surface area contributed by atoms with Crippen LogP contribution in [0.15, 0.2) is 22.7 Å². The minimum atomic E-state index is -0.248. The van der Waals surface area contributed by atoms with Crippen molar-refractivity contribution in [1.82, 2.24) is 0 Å². The molecule has 0 N–H and O–H groups in total. The molecule has 1 rings (SSSR count). The average Bonchev–Trinajstić information content (AvgIpc) is 2.02. The Morgan fingerprint density at radius 2 is 1.91 bits per heavy atom. The zero-order valence-corrected chi connectivity index (χ0v) is 11.9. The molecule has 0 nitrogen and oxygen atoms in total. The molecule has 1 aromatic carbocycles. The van der Waals surface area contributed by atoms with Crippen molar-refractivity contribution in [2.24, 2.45) is 0 Å². The third kappa shape index (κ3) is 4.24. The average molecular weight is 333 g/mol. The van der Waals surface area contributed by atoms with Gasteiger partial charge in [-0.1, -0.05) is 22.0 Å². The molecule has 0 unspecified atom stereocenters. The fourth-order valence-electron chi connectivity index (χ4n) is 0.540. The first-order valence-electron chi connectivity index (χ1n) is 2.74. The van der Waals surface area contributed by atoms with E-state index in [1.807, 2.05) is 0 Å². The Labute approximate surface area is 90.7 Å². The Hall–Kier alpha value is 0.603. The standard InChI is InChI=1S/C7H5BrF.BrH.Zn/c1-5-2-3-7(9)6(8)4-5;;/h2-4H,1H2;1H;/q-1;;+2/p-1. The summed E-state index contributed by atoms with van der Waals surface area (Å²) in [6.45, 7) is 3.63. The second-order valence-electron chi connectivity index (χ2n) is 1.75. The number of benzene rings is 1. The van der Waals surface area contributed by atoms with Gasteiger partial charge in [-0.25, -0.2) is 4.39 Å². The van der Waals surface area contributed by atoms with Gasteiger partial charge in [-0.3, -0.25) is 0 Å². The van der Waals surface area contributed by atoms with Gasteiger partial charge in [0, 0.05) is 0 Å². The zero-order valence-electron chi connectivity index (χ0n) is 5.78. The van der Waals surface area contributed by atoms with Crippen molar-refractivity contribution < 1.29 is 20.7 Å². The van der Waals surface area contributed by atoms with E-state index in [0.717, 1.165) is 5.56 Å². The zero-order chi connectivity index (χ0) is 8.85. The van der Waals surface area contributed by atoms with Gasteiger partial charge in [0.25, 0.3) is 0 Å². The molecule has 56 valence electrons. The third-order valence-electron chi connectivity index (χ3n) is 0.984. The summed E-state index contributed by atoms with van der Waals surface area (Å²) < 4.78 is 12.9. The molecule has 0 saturated heterocycles. The molecule has 0 aliphatic heterocycles. The van der Waals surface area contributed by atoms with Crippen LogP contribution in [0, 0.1) is 12.7 Å². The molecule has 0 spiro atoms. The van der Waals surface area contributed by atoms with Crippen LogP contribution in [0.4, 0.5) is 4.39 Å². The number of halogens is 3. The monoisotopic (exact) mass is 330 g/mol. The summed E-state index contributed by atoms with van der Waals surface area (Å²) in [6.07, 6.45) is 0. The quantitative estimate of drug-likeness (QED) is 0.503. The van der Waals surface area contributed by atoms with E-state index in [-0.39, 0.29) is 5.82 Å². The predicted molar refractivity (Wildman–Crippen MR) is 47.5 cm³/mol. The van der Waals surface area contributed by atoms with Crippen molar-refractivity contribution in [3.8, 4) is 0 Å². The number of hydrogen-bond donors (Lipinski definition) is 0. The normalized spacial score (nSPS) is 8.45. The van der Waals surface area contributed by atoms with Gasteiger partial charge in [-0.15, -0.1) is 6.07 Å². The summed E-state index contributed by atoms with van der Waals surface area (Å²) in [6, 6.07) is 4.64. The molecule has 0 amide bonds. The molecule has 1 aromatic rings. The number of hydrogen-bond acceptors (Lipinski definition) is 0. The van der Waals surface area contributed by atoms with Crippen LogP contribution < -0.4 is 0 Å². The molecular formula is C7H5Br2FZn. The Balaban J connectivity index is 0.000000461. The van der Waals surface area contributed by atoms with Crippen molar-refractivity contribution in [2.45, 2.75) is 0 Å². The van der Waals surface area contributed by atoms with E-state index >= 15 is 0 Å². The Morgan fingerprint density at radius 3 is 2.27 bits per heavy atom. The van der Waals surface area contributed by atoms with Crippen molar-refractivity contribution >= 4 is 29.6 Å². The van der Waals surface area contributed by atoms with Crippen LogP contribution in [0.1, 0.15) is 5.56 Å². The van der Waals surface area contributed by atoms with Crippen LogP contribution in [0.25, 0.3) is 0 Å². The third-order valence-corrected chi connectivity index (χ3v) is 1.59. The predicted octanol–water partition coefficient (Wildman–Crippen LogP) is 3.61. The SMILES string of the molecule is [CH2-]c1ccc(F)c(Br)c1.[Zn+][Br]. The van der Waals surface area contributed by atoms with E-state index in [0.29, 0.717) is 4.47 Å².